The number of nitrogens with zero attached hydrogens (tertiary/aromatic N) is 1. The van der Waals surface area contributed by atoms with Gasteiger partial charge < -0.3 is 4.74 Å². The van der Waals surface area contributed by atoms with Gasteiger partial charge in [0.05, 0.1) is 17.1 Å². The molecule has 6 heteroatoms. The molecule has 0 saturated heterocycles. The molecule has 0 aliphatic carbocycles. The summed E-state index contributed by atoms with van der Waals surface area (Å²) in [6, 6.07) is 5.36. The van der Waals surface area contributed by atoms with Crippen molar-refractivity contribution >= 4 is 27.6 Å². The highest BCUT2D eigenvalue weighted by Crippen LogP contribution is 2.12. The fraction of sp³-hybridized carbons (Fsp3) is 0.364. The number of halogens is 1. The van der Waals surface area contributed by atoms with Crippen molar-refractivity contribution in [2.45, 2.75) is 12.8 Å². The zero-order valence-electron chi connectivity index (χ0n) is 9.10. The molecule has 5 nitrogen and oxygen atoms in total. The summed E-state index contributed by atoms with van der Waals surface area (Å²) in [5, 5.41) is 11.3. The molecule has 17 heavy (non-hydrogen) atoms. The first-order valence-electron chi connectivity index (χ1n) is 5.12. The minimum Gasteiger partial charge on any atom is -0.462 e. The molecule has 0 bridgehead atoms. The van der Waals surface area contributed by atoms with Gasteiger partial charge in [-0.05, 0) is 25.0 Å². The Labute approximate surface area is 107 Å². The summed E-state index contributed by atoms with van der Waals surface area (Å²) in [7, 11) is 0. The molecule has 0 saturated carbocycles. The third-order valence-electron chi connectivity index (χ3n) is 2.07. The number of esters is 1. The Morgan fingerprint density at radius 1 is 1.29 bits per heavy atom. The zero-order valence-corrected chi connectivity index (χ0v) is 10.7. The van der Waals surface area contributed by atoms with Crippen LogP contribution in [0.25, 0.3) is 0 Å². The number of unbranched alkanes of at least 4 members (excludes halogenated alkanes) is 1. The second-order valence-corrected chi connectivity index (χ2v) is 4.13. The first kappa shape index (κ1) is 13.6. The number of hydrogen-bond acceptors (Lipinski definition) is 4. The molecule has 0 fully saturated rings. The number of ether oxygens (including phenoxy) is 1. The number of carbonyl (C=O) groups excluding carboxylic acids is 1. The first-order valence-corrected chi connectivity index (χ1v) is 6.25. The number of benzene rings is 1. The molecule has 0 amide bonds. The number of rotatable bonds is 6. The molecule has 0 atom stereocenters. The van der Waals surface area contributed by atoms with Crippen molar-refractivity contribution in [3.8, 4) is 0 Å². The highest BCUT2D eigenvalue weighted by Gasteiger charge is 2.09. The van der Waals surface area contributed by atoms with Crippen molar-refractivity contribution in [3.05, 3.63) is 39.9 Å². The van der Waals surface area contributed by atoms with Crippen LogP contribution in [0.1, 0.15) is 23.2 Å². The van der Waals surface area contributed by atoms with Crippen molar-refractivity contribution in [2.24, 2.45) is 0 Å². The summed E-state index contributed by atoms with van der Waals surface area (Å²) in [5.74, 6) is -0.450. The number of alkyl halides is 1. The van der Waals surface area contributed by atoms with E-state index >= 15 is 0 Å². The molecule has 0 heterocycles. The van der Waals surface area contributed by atoms with Crippen molar-refractivity contribution in [3.63, 3.8) is 0 Å². The summed E-state index contributed by atoms with van der Waals surface area (Å²) in [6.45, 7) is 0.363. The third kappa shape index (κ3) is 4.52. The normalized spacial score (nSPS) is 9.94. The van der Waals surface area contributed by atoms with Gasteiger partial charge in [-0.2, -0.15) is 0 Å². The van der Waals surface area contributed by atoms with Crippen LogP contribution in [0, 0.1) is 10.1 Å². The third-order valence-corrected chi connectivity index (χ3v) is 2.64. The highest BCUT2D eigenvalue weighted by atomic mass is 79.9. The van der Waals surface area contributed by atoms with Crippen LogP contribution in [-0.2, 0) is 4.74 Å². The smallest absolute Gasteiger partial charge is 0.338 e. The number of nitro groups is 1. The van der Waals surface area contributed by atoms with E-state index in [0.717, 1.165) is 18.2 Å². The largest absolute Gasteiger partial charge is 0.462 e. The number of non-ortho nitro benzene ring substituents is 1. The molecule has 0 aliphatic rings. The number of carbonyl (C=O) groups is 1. The van der Waals surface area contributed by atoms with Crippen LogP contribution in [0.15, 0.2) is 24.3 Å². The van der Waals surface area contributed by atoms with Crippen LogP contribution in [0.2, 0.25) is 0 Å². The summed E-state index contributed by atoms with van der Waals surface area (Å²) < 4.78 is 5.00. The monoisotopic (exact) mass is 301 g/mol. The lowest BCUT2D eigenvalue weighted by molar-refractivity contribution is -0.384. The lowest BCUT2D eigenvalue weighted by Crippen LogP contribution is -2.06. The van der Waals surface area contributed by atoms with Crippen LogP contribution in [0.3, 0.4) is 0 Å². The Bertz CT molecular complexity index is 391. The van der Waals surface area contributed by atoms with E-state index in [1.165, 1.54) is 24.3 Å². The van der Waals surface area contributed by atoms with E-state index in [-0.39, 0.29) is 5.69 Å². The van der Waals surface area contributed by atoms with Gasteiger partial charge in [-0.3, -0.25) is 10.1 Å². The minimum absolute atomic E-state index is 0.0409. The Balaban J connectivity index is 2.49. The fourth-order valence-electron chi connectivity index (χ4n) is 1.16. The fourth-order valence-corrected chi connectivity index (χ4v) is 1.56. The number of hydrogen-bond donors (Lipinski definition) is 0. The number of nitro benzene ring substituents is 1. The molecule has 0 N–H and O–H groups in total. The second kappa shape index (κ2) is 7.01. The SMILES string of the molecule is O=C(OCCCCBr)c1ccc([N+](=O)[O-])cc1. The predicted molar refractivity (Wildman–Crippen MR) is 66.4 cm³/mol. The van der Waals surface area contributed by atoms with Gasteiger partial charge in [0.15, 0.2) is 0 Å². The Kier molecular flexibility index (Phi) is 5.62. The maximum Gasteiger partial charge on any atom is 0.338 e. The van der Waals surface area contributed by atoms with Gasteiger partial charge in [-0.15, -0.1) is 0 Å². The second-order valence-electron chi connectivity index (χ2n) is 3.34. The molecule has 0 radical (unpaired) electrons. The van der Waals surface area contributed by atoms with Gasteiger partial charge in [-0.25, -0.2) is 4.79 Å². The summed E-state index contributed by atoms with van der Waals surface area (Å²) >= 11 is 3.28. The van der Waals surface area contributed by atoms with Crippen molar-refractivity contribution < 1.29 is 14.5 Å². The molecule has 0 aliphatic heterocycles. The maximum absolute atomic E-state index is 11.5. The van der Waals surface area contributed by atoms with Gasteiger partial charge >= 0.3 is 5.97 Å². The van der Waals surface area contributed by atoms with Gasteiger partial charge in [0, 0.05) is 17.5 Å². The minimum atomic E-state index is -0.509. The van der Waals surface area contributed by atoms with E-state index in [2.05, 4.69) is 15.9 Å². The Hall–Kier alpha value is -1.43. The van der Waals surface area contributed by atoms with E-state index < -0.39 is 10.9 Å². The average molecular weight is 302 g/mol. The quantitative estimate of drug-likeness (QED) is 0.266. The van der Waals surface area contributed by atoms with Gasteiger partial charge in [0.2, 0.25) is 0 Å². The van der Waals surface area contributed by atoms with Crippen molar-refractivity contribution in [1.29, 1.82) is 0 Å². The highest BCUT2D eigenvalue weighted by molar-refractivity contribution is 9.09. The van der Waals surface area contributed by atoms with E-state index in [1.54, 1.807) is 0 Å². The molecule has 0 aromatic heterocycles. The maximum atomic E-state index is 11.5. The van der Waals surface area contributed by atoms with Gasteiger partial charge in [0.1, 0.15) is 0 Å². The first-order chi connectivity index (χ1) is 8.15. The lowest BCUT2D eigenvalue weighted by atomic mass is 10.2. The molecule has 1 rings (SSSR count). The molecular formula is C11H12BrNO4. The standard InChI is InChI=1S/C11H12BrNO4/c12-7-1-2-8-17-11(14)9-3-5-10(6-4-9)13(15)16/h3-6H,1-2,7-8H2. The van der Waals surface area contributed by atoms with Crippen LogP contribution in [-0.4, -0.2) is 22.8 Å². The predicted octanol–water partition coefficient (Wildman–Crippen LogP) is 2.93. The van der Waals surface area contributed by atoms with E-state index in [4.69, 9.17) is 4.74 Å². The molecule has 0 spiro atoms. The van der Waals surface area contributed by atoms with E-state index in [9.17, 15) is 14.9 Å². The van der Waals surface area contributed by atoms with Crippen molar-refractivity contribution in [1.82, 2.24) is 0 Å². The Morgan fingerprint density at radius 2 is 1.94 bits per heavy atom. The van der Waals surface area contributed by atoms with Gasteiger partial charge in [-0.1, -0.05) is 15.9 Å². The summed E-state index contributed by atoms with van der Waals surface area (Å²) in [5.41, 5.74) is 0.287. The molecular weight excluding hydrogens is 290 g/mol. The van der Waals surface area contributed by atoms with Crippen LogP contribution >= 0.6 is 15.9 Å². The van der Waals surface area contributed by atoms with Crippen LogP contribution in [0.4, 0.5) is 5.69 Å². The summed E-state index contributed by atoms with van der Waals surface area (Å²) in [4.78, 5) is 21.4. The lowest BCUT2D eigenvalue weighted by Gasteiger charge is -2.03. The topological polar surface area (TPSA) is 69.4 Å². The Morgan fingerprint density at radius 3 is 2.47 bits per heavy atom. The van der Waals surface area contributed by atoms with Gasteiger partial charge in [0.25, 0.3) is 5.69 Å². The van der Waals surface area contributed by atoms with Crippen LogP contribution in [0.5, 0.6) is 0 Å². The summed E-state index contributed by atoms with van der Waals surface area (Å²) in [6.07, 6.45) is 1.73. The molecule has 1 aromatic carbocycles. The zero-order chi connectivity index (χ0) is 12.7. The van der Waals surface area contributed by atoms with E-state index in [0.29, 0.717) is 12.2 Å². The molecule has 1 aromatic rings. The molecule has 92 valence electrons. The van der Waals surface area contributed by atoms with Crippen LogP contribution < -0.4 is 0 Å². The van der Waals surface area contributed by atoms with E-state index in [1.807, 2.05) is 0 Å². The van der Waals surface area contributed by atoms with Crippen molar-refractivity contribution in [2.75, 3.05) is 11.9 Å². The molecule has 0 unspecified atom stereocenters. The average Bonchev–Trinajstić information content (AvgIpc) is 2.34.